The molecular formula is C10H22S. The lowest BCUT2D eigenvalue weighted by Crippen LogP contribution is -1.89. The van der Waals surface area contributed by atoms with Crippen LogP contribution in [0.2, 0.25) is 0 Å². The highest BCUT2D eigenvalue weighted by atomic mass is 32.1. The van der Waals surface area contributed by atoms with Crippen molar-refractivity contribution in [1.29, 1.82) is 0 Å². The molecule has 0 bridgehead atoms. The zero-order valence-corrected chi connectivity index (χ0v) is 8.87. The second kappa shape index (κ2) is 8.45. The lowest BCUT2D eigenvalue weighted by Gasteiger charge is -2.02. The van der Waals surface area contributed by atoms with Crippen molar-refractivity contribution in [3.8, 4) is 0 Å². The van der Waals surface area contributed by atoms with Crippen molar-refractivity contribution in [1.82, 2.24) is 0 Å². The maximum absolute atomic E-state index is 4.34. The average molecular weight is 174 g/mol. The summed E-state index contributed by atoms with van der Waals surface area (Å²) in [5.41, 5.74) is 0. The highest BCUT2D eigenvalue weighted by molar-refractivity contribution is 7.80. The first-order chi connectivity index (χ1) is 5.27. The van der Waals surface area contributed by atoms with E-state index in [1.165, 1.54) is 44.9 Å². The Kier molecular flexibility index (Phi) is 8.72. The predicted molar refractivity (Wildman–Crippen MR) is 56.4 cm³/mol. The summed E-state index contributed by atoms with van der Waals surface area (Å²) < 4.78 is 0. The van der Waals surface area contributed by atoms with Crippen LogP contribution in [0.3, 0.4) is 0 Å². The van der Waals surface area contributed by atoms with Gasteiger partial charge in [0.05, 0.1) is 0 Å². The van der Waals surface area contributed by atoms with Crippen LogP contribution in [-0.4, -0.2) is 5.25 Å². The van der Waals surface area contributed by atoms with Crippen LogP contribution in [0.5, 0.6) is 0 Å². The predicted octanol–water partition coefficient (Wildman–Crippen LogP) is 4.06. The fourth-order valence-corrected chi connectivity index (χ4v) is 1.40. The standard InChI is InChI=1S/C10H22S/c1-3-4-5-6-7-8-9-10(2)11/h10-11H,3-9H2,1-2H3/t10-/m0/s1. The highest BCUT2D eigenvalue weighted by Gasteiger charge is 1.94. The Morgan fingerprint density at radius 3 is 2.09 bits per heavy atom. The average Bonchev–Trinajstić information content (AvgIpc) is 1.96. The van der Waals surface area contributed by atoms with Crippen LogP contribution in [0.15, 0.2) is 0 Å². The monoisotopic (exact) mass is 174 g/mol. The molecule has 0 nitrogen and oxygen atoms in total. The second-order valence-corrected chi connectivity index (χ2v) is 4.29. The van der Waals surface area contributed by atoms with Gasteiger partial charge >= 0.3 is 0 Å². The summed E-state index contributed by atoms with van der Waals surface area (Å²) in [7, 11) is 0. The minimum atomic E-state index is 0.598. The molecule has 0 fully saturated rings. The van der Waals surface area contributed by atoms with Crippen molar-refractivity contribution < 1.29 is 0 Å². The summed E-state index contributed by atoms with van der Waals surface area (Å²) in [6.45, 7) is 4.44. The molecule has 0 spiro atoms. The van der Waals surface area contributed by atoms with E-state index in [9.17, 15) is 0 Å². The molecule has 0 N–H and O–H groups in total. The van der Waals surface area contributed by atoms with E-state index < -0.39 is 0 Å². The lowest BCUT2D eigenvalue weighted by atomic mass is 10.1. The van der Waals surface area contributed by atoms with Crippen molar-refractivity contribution >= 4 is 12.6 Å². The Labute approximate surface area is 77.2 Å². The van der Waals surface area contributed by atoms with E-state index in [4.69, 9.17) is 0 Å². The highest BCUT2D eigenvalue weighted by Crippen LogP contribution is 2.10. The molecular weight excluding hydrogens is 152 g/mol. The Morgan fingerprint density at radius 2 is 1.55 bits per heavy atom. The first kappa shape index (κ1) is 11.4. The van der Waals surface area contributed by atoms with Crippen LogP contribution in [0, 0.1) is 0 Å². The molecule has 0 heterocycles. The molecule has 0 aromatic carbocycles. The van der Waals surface area contributed by atoms with Crippen LogP contribution in [0.4, 0.5) is 0 Å². The van der Waals surface area contributed by atoms with E-state index >= 15 is 0 Å². The topological polar surface area (TPSA) is 0 Å². The van der Waals surface area contributed by atoms with Gasteiger partial charge in [0.1, 0.15) is 0 Å². The van der Waals surface area contributed by atoms with E-state index in [0.717, 1.165) is 0 Å². The third-order valence-electron chi connectivity index (χ3n) is 1.98. The minimum absolute atomic E-state index is 0.598. The largest absolute Gasteiger partial charge is 0.176 e. The van der Waals surface area contributed by atoms with Crippen molar-refractivity contribution in [3.05, 3.63) is 0 Å². The Hall–Kier alpha value is 0.350. The van der Waals surface area contributed by atoms with Gasteiger partial charge in [-0.25, -0.2) is 0 Å². The van der Waals surface area contributed by atoms with Crippen molar-refractivity contribution in [3.63, 3.8) is 0 Å². The van der Waals surface area contributed by atoms with E-state index in [-0.39, 0.29) is 0 Å². The summed E-state index contributed by atoms with van der Waals surface area (Å²) in [5, 5.41) is 0.598. The SMILES string of the molecule is CCCCCCCC[C@H](C)S. The van der Waals surface area contributed by atoms with Gasteiger partial charge in [-0.3, -0.25) is 0 Å². The Morgan fingerprint density at radius 1 is 1.00 bits per heavy atom. The molecule has 68 valence electrons. The normalized spacial score (nSPS) is 13.4. The van der Waals surface area contributed by atoms with Crippen molar-refractivity contribution in [2.75, 3.05) is 0 Å². The molecule has 0 rings (SSSR count). The van der Waals surface area contributed by atoms with Gasteiger partial charge < -0.3 is 0 Å². The summed E-state index contributed by atoms with van der Waals surface area (Å²) in [6, 6.07) is 0. The van der Waals surface area contributed by atoms with Crippen molar-refractivity contribution in [2.45, 2.75) is 64.0 Å². The van der Waals surface area contributed by atoms with Gasteiger partial charge in [-0.2, -0.15) is 12.6 Å². The lowest BCUT2D eigenvalue weighted by molar-refractivity contribution is 0.589. The first-order valence-electron chi connectivity index (χ1n) is 4.95. The molecule has 11 heavy (non-hydrogen) atoms. The molecule has 0 saturated carbocycles. The number of rotatable bonds is 7. The van der Waals surface area contributed by atoms with Gasteiger partial charge in [-0.1, -0.05) is 52.4 Å². The van der Waals surface area contributed by atoms with Crippen LogP contribution < -0.4 is 0 Å². The summed E-state index contributed by atoms with van der Waals surface area (Å²) in [4.78, 5) is 0. The fourth-order valence-electron chi connectivity index (χ4n) is 1.22. The summed E-state index contributed by atoms with van der Waals surface area (Å²) in [5.74, 6) is 0. The van der Waals surface area contributed by atoms with E-state index in [1.54, 1.807) is 0 Å². The summed E-state index contributed by atoms with van der Waals surface area (Å²) in [6.07, 6.45) is 9.68. The van der Waals surface area contributed by atoms with Crippen molar-refractivity contribution in [2.24, 2.45) is 0 Å². The molecule has 0 radical (unpaired) electrons. The van der Waals surface area contributed by atoms with Gasteiger partial charge in [0.25, 0.3) is 0 Å². The number of thiol groups is 1. The third-order valence-corrected chi connectivity index (χ3v) is 2.23. The minimum Gasteiger partial charge on any atom is -0.176 e. The zero-order valence-electron chi connectivity index (χ0n) is 7.97. The molecule has 0 saturated heterocycles. The van der Waals surface area contributed by atoms with Gasteiger partial charge in [0.15, 0.2) is 0 Å². The molecule has 0 aromatic rings. The number of unbranched alkanes of at least 4 members (excludes halogenated alkanes) is 5. The smallest absolute Gasteiger partial charge is 0.00116 e. The van der Waals surface area contributed by atoms with Crippen LogP contribution in [0.1, 0.15) is 58.8 Å². The third kappa shape index (κ3) is 10.4. The maximum atomic E-state index is 4.34. The Bertz CT molecular complexity index is 69.3. The quantitative estimate of drug-likeness (QED) is 0.437. The van der Waals surface area contributed by atoms with E-state index in [0.29, 0.717) is 5.25 Å². The van der Waals surface area contributed by atoms with Gasteiger partial charge in [-0.05, 0) is 11.7 Å². The second-order valence-electron chi connectivity index (χ2n) is 3.41. The van der Waals surface area contributed by atoms with Gasteiger partial charge in [-0.15, -0.1) is 0 Å². The van der Waals surface area contributed by atoms with E-state index in [2.05, 4.69) is 26.5 Å². The van der Waals surface area contributed by atoms with Crippen LogP contribution >= 0.6 is 12.6 Å². The molecule has 1 atom stereocenters. The first-order valence-corrected chi connectivity index (χ1v) is 5.47. The number of hydrogen-bond donors (Lipinski definition) is 1. The molecule has 0 aliphatic rings. The fraction of sp³-hybridized carbons (Fsp3) is 1.00. The molecule has 1 heteroatoms. The van der Waals surface area contributed by atoms with Gasteiger partial charge in [0.2, 0.25) is 0 Å². The molecule has 0 aliphatic heterocycles. The Balaban J connectivity index is 2.80. The van der Waals surface area contributed by atoms with Crippen LogP contribution in [-0.2, 0) is 0 Å². The van der Waals surface area contributed by atoms with Gasteiger partial charge in [0, 0.05) is 0 Å². The maximum Gasteiger partial charge on any atom is -0.00116 e. The zero-order chi connectivity index (χ0) is 8.53. The molecule has 0 amide bonds. The molecule has 0 aromatic heterocycles. The number of hydrogen-bond acceptors (Lipinski definition) is 1. The molecule has 0 aliphatic carbocycles. The molecule has 0 unspecified atom stereocenters. The van der Waals surface area contributed by atoms with E-state index in [1.807, 2.05) is 0 Å². The summed E-state index contributed by atoms with van der Waals surface area (Å²) >= 11 is 4.34. The van der Waals surface area contributed by atoms with Crippen LogP contribution in [0.25, 0.3) is 0 Å².